The van der Waals surface area contributed by atoms with Gasteiger partial charge in [-0.05, 0) is 67.9 Å². The molecular formula is C29H30O4. The van der Waals surface area contributed by atoms with Crippen molar-refractivity contribution in [3.63, 3.8) is 0 Å². The van der Waals surface area contributed by atoms with E-state index in [1.165, 1.54) is 11.1 Å². The van der Waals surface area contributed by atoms with E-state index in [0.717, 1.165) is 19.3 Å². The molecular weight excluding hydrogens is 412 g/mol. The zero-order valence-electron chi connectivity index (χ0n) is 19.1. The third-order valence-corrected chi connectivity index (χ3v) is 7.62. The molecule has 2 aromatic carbocycles. The maximum absolute atomic E-state index is 13.0. The monoisotopic (exact) mass is 442 g/mol. The lowest BCUT2D eigenvalue weighted by Gasteiger charge is -2.38. The summed E-state index contributed by atoms with van der Waals surface area (Å²) in [7, 11) is 0. The van der Waals surface area contributed by atoms with E-state index in [4.69, 9.17) is 9.47 Å². The van der Waals surface area contributed by atoms with Gasteiger partial charge in [0.2, 0.25) is 0 Å². The van der Waals surface area contributed by atoms with Crippen molar-refractivity contribution in [2.45, 2.75) is 45.3 Å². The summed E-state index contributed by atoms with van der Waals surface area (Å²) in [6, 6.07) is 18.1. The van der Waals surface area contributed by atoms with Crippen LogP contribution in [0.2, 0.25) is 0 Å². The van der Waals surface area contributed by atoms with Crippen LogP contribution in [0.3, 0.4) is 0 Å². The number of allylic oxidation sites excluding steroid dienone is 4. The zero-order valence-corrected chi connectivity index (χ0v) is 19.1. The molecule has 0 heterocycles. The molecule has 0 N–H and O–H groups in total. The van der Waals surface area contributed by atoms with Gasteiger partial charge in [0, 0.05) is 11.8 Å². The number of carbonyl (C=O) groups excluding carboxylic acids is 2. The summed E-state index contributed by atoms with van der Waals surface area (Å²) >= 11 is 0. The summed E-state index contributed by atoms with van der Waals surface area (Å²) in [5.41, 5.74) is 3.85. The van der Waals surface area contributed by atoms with Crippen molar-refractivity contribution in [1.29, 1.82) is 0 Å². The maximum atomic E-state index is 13.0. The summed E-state index contributed by atoms with van der Waals surface area (Å²) in [5.74, 6) is 0.456. The molecule has 3 aliphatic rings. The molecule has 3 aliphatic carbocycles. The average Bonchev–Trinajstić information content (AvgIpc) is 3.48. The van der Waals surface area contributed by atoms with Crippen molar-refractivity contribution < 1.29 is 19.1 Å². The first-order valence-electron chi connectivity index (χ1n) is 12.0. The van der Waals surface area contributed by atoms with Crippen LogP contribution in [-0.2, 0) is 9.47 Å². The van der Waals surface area contributed by atoms with E-state index in [-0.39, 0.29) is 23.8 Å². The number of benzene rings is 2. The van der Waals surface area contributed by atoms with E-state index >= 15 is 0 Å². The second kappa shape index (κ2) is 9.01. The predicted octanol–water partition coefficient (Wildman–Crippen LogP) is 6.01. The molecule has 0 saturated heterocycles. The van der Waals surface area contributed by atoms with Crippen molar-refractivity contribution in [3.8, 4) is 0 Å². The molecule has 170 valence electrons. The molecule has 2 aromatic rings. The lowest BCUT2D eigenvalue weighted by molar-refractivity contribution is -0.0742. The van der Waals surface area contributed by atoms with Gasteiger partial charge in [0.15, 0.2) is 0 Å². The van der Waals surface area contributed by atoms with Crippen LogP contribution in [0.5, 0.6) is 0 Å². The first kappa shape index (κ1) is 21.7. The summed E-state index contributed by atoms with van der Waals surface area (Å²) in [5, 5.41) is 0. The lowest BCUT2D eigenvalue weighted by Crippen LogP contribution is -2.46. The van der Waals surface area contributed by atoms with E-state index in [1.807, 2.05) is 36.4 Å². The van der Waals surface area contributed by atoms with Crippen LogP contribution >= 0.6 is 0 Å². The van der Waals surface area contributed by atoms with Crippen LogP contribution < -0.4 is 0 Å². The van der Waals surface area contributed by atoms with E-state index < -0.39 is 12.2 Å². The van der Waals surface area contributed by atoms with Crippen LogP contribution in [-0.4, -0.2) is 24.1 Å². The molecule has 5 rings (SSSR count). The van der Waals surface area contributed by atoms with Crippen LogP contribution in [0.4, 0.5) is 0 Å². The second-order valence-corrected chi connectivity index (χ2v) is 9.48. The summed E-state index contributed by atoms with van der Waals surface area (Å²) in [4.78, 5) is 26.0. The number of ether oxygens (including phenoxy) is 2. The van der Waals surface area contributed by atoms with E-state index in [0.29, 0.717) is 23.0 Å². The minimum absolute atomic E-state index is 0.162. The molecule has 2 bridgehead atoms. The maximum Gasteiger partial charge on any atom is 0.338 e. The normalized spacial score (nSPS) is 30.0. The van der Waals surface area contributed by atoms with Gasteiger partial charge in [-0.15, -0.1) is 0 Å². The molecule has 4 heteroatoms. The Kier molecular flexibility index (Phi) is 5.92. The molecule has 6 unspecified atom stereocenters. The van der Waals surface area contributed by atoms with Gasteiger partial charge in [-0.1, -0.05) is 61.0 Å². The topological polar surface area (TPSA) is 52.6 Å². The van der Waals surface area contributed by atoms with Crippen molar-refractivity contribution >= 4 is 11.9 Å². The molecule has 4 nitrogen and oxygen atoms in total. The highest BCUT2D eigenvalue weighted by Gasteiger charge is 2.63. The van der Waals surface area contributed by atoms with Gasteiger partial charge in [0.1, 0.15) is 12.2 Å². The molecule has 2 saturated carbocycles. The van der Waals surface area contributed by atoms with Gasteiger partial charge in [-0.25, -0.2) is 9.59 Å². The van der Waals surface area contributed by atoms with Crippen LogP contribution in [0, 0.1) is 23.7 Å². The molecule has 0 aromatic heterocycles. The van der Waals surface area contributed by atoms with Crippen LogP contribution in [0.1, 0.15) is 53.8 Å². The molecule has 6 atom stereocenters. The summed E-state index contributed by atoms with van der Waals surface area (Å²) in [6.45, 7) is 4.35. The van der Waals surface area contributed by atoms with Crippen molar-refractivity contribution in [3.05, 3.63) is 95.1 Å². The standard InChI is InChI=1S/C29H30O4/c1-3-4-15-21-18(2)16-22-23-17-24(25(21)22)27(33-29(31)20-13-9-6-10-14-20)26(23)32-28(30)19-11-7-5-8-12-19/h4-15,22-27H,3,16-17H2,1-2H3/b15-4-. The fourth-order valence-electron chi connectivity index (χ4n) is 6.26. The molecule has 0 aliphatic heterocycles. The number of hydrogen-bond donors (Lipinski definition) is 0. The number of fused-ring (bicyclic) bond motifs is 5. The van der Waals surface area contributed by atoms with E-state index in [1.54, 1.807) is 24.3 Å². The van der Waals surface area contributed by atoms with Gasteiger partial charge in [0.25, 0.3) is 0 Å². The zero-order chi connectivity index (χ0) is 22.9. The van der Waals surface area contributed by atoms with Crippen LogP contribution in [0.15, 0.2) is 84.0 Å². The van der Waals surface area contributed by atoms with Crippen molar-refractivity contribution in [2.24, 2.45) is 23.7 Å². The van der Waals surface area contributed by atoms with Gasteiger partial charge < -0.3 is 9.47 Å². The SMILES string of the molecule is CC/C=C\C1=C(C)CC2C3CC(C(OC(=O)c4ccccc4)C3OC(=O)c3ccccc3)C12. The quantitative estimate of drug-likeness (QED) is 0.515. The highest BCUT2D eigenvalue weighted by Crippen LogP contribution is 2.62. The first-order chi connectivity index (χ1) is 16.1. The Bertz CT molecular complexity index is 1090. The third-order valence-electron chi connectivity index (χ3n) is 7.62. The van der Waals surface area contributed by atoms with Crippen molar-refractivity contribution in [1.82, 2.24) is 0 Å². The fourth-order valence-corrected chi connectivity index (χ4v) is 6.26. The second-order valence-electron chi connectivity index (χ2n) is 9.48. The fraction of sp³-hybridized carbons (Fsp3) is 0.379. The molecule has 0 amide bonds. The average molecular weight is 443 g/mol. The molecule has 0 spiro atoms. The number of hydrogen-bond acceptors (Lipinski definition) is 4. The Labute approximate surface area is 195 Å². The Morgan fingerprint density at radius 2 is 1.39 bits per heavy atom. The largest absolute Gasteiger partial charge is 0.455 e. The van der Waals surface area contributed by atoms with E-state index in [9.17, 15) is 9.59 Å². The number of carbonyl (C=O) groups is 2. The highest BCUT2D eigenvalue weighted by atomic mass is 16.6. The lowest BCUT2D eigenvalue weighted by atomic mass is 9.75. The predicted molar refractivity (Wildman–Crippen MR) is 127 cm³/mol. The van der Waals surface area contributed by atoms with Gasteiger partial charge in [-0.2, -0.15) is 0 Å². The summed E-state index contributed by atoms with van der Waals surface area (Å²) in [6.07, 6.45) is 6.56. The Morgan fingerprint density at radius 3 is 1.94 bits per heavy atom. The minimum atomic E-state index is -0.437. The minimum Gasteiger partial charge on any atom is -0.455 e. The summed E-state index contributed by atoms with van der Waals surface area (Å²) < 4.78 is 12.2. The third kappa shape index (κ3) is 3.92. The van der Waals surface area contributed by atoms with Gasteiger partial charge >= 0.3 is 11.9 Å². The highest BCUT2D eigenvalue weighted by molar-refractivity contribution is 5.90. The van der Waals surface area contributed by atoms with E-state index in [2.05, 4.69) is 26.0 Å². The number of rotatable bonds is 6. The van der Waals surface area contributed by atoms with Crippen molar-refractivity contribution in [2.75, 3.05) is 0 Å². The molecule has 2 fully saturated rings. The smallest absolute Gasteiger partial charge is 0.338 e. The van der Waals surface area contributed by atoms with Crippen LogP contribution in [0.25, 0.3) is 0 Å². The Morgan fingerprint density at radius 1 is 0.848 bits per heavy atom. The molecule has 0 radical (unpaired) electrons. The molecule has 33 heavy (non-hydrogen) atoms. The van der Waals surface area contributed by atoms with Gasteiger partial charge in [0.05, 0.1) is 11.1 Å². The Hall–Kier alpha value is -3.14. The Balaban J connectivity index is 1.44. The first-order valence-corrected chi connectivity index (χ1v) is 12.0. The number of esters is 2. The van der Waals surface area contributed by atoms with Gasteiger partial charge in [-0.3, -0.25) is 0 Å².